The highest BCUT2D eigenvalue weighted by atomic mass is 16.5. The van der Waals surface area contributed by atoms with Gasteiger partial charge in [0, 0.05) is 31.0 Å². The molecule has 122 valence electrons. The van der Waals surface area contributed by atoms with Gasteiger partial charge in [-0.1, -0.05) is 33.6 Å². The summed E-state index contributed by atoms with van der Waals surface area (Å²) < 4.78 is 5.75. The Balaban J connectivity index is 2.14. The van der Waals surface area contributed by atoms with Crippen LogP contribution < -0.4 is 5.73 Å². The lowest BCUT2D eigenvalue weighted by atomic mass is 9.54. The third-order valence-electron chi connectivity index (χ3n) is 5.82. The SMILES string of the molecule is CCOC1CC(N)(C(=O)N2CCCCCC2CC)C1(C)C. The number of carbonyl (C=O) groups is 1. The van der Waals surface area contributed by atoms with Crippen LogP contribution in [0.15, 0.2) is 0 Å². The van der Waals surface area contributed by atoms with E-state index < -0.39 is 5.54 Å². The second kappa shape index (κ2) is 6.25. The number of amides is 1. The van der Waals surface area contributed by atoms with Gasteiger partial charge in [0.1, 0.15) is 5.54 Å². The highest BCUT2D eigenvalue weighted by Gasteiger charge is 2.64. The summed E-state index contributed by atoms with van der Waals surface area (Å²) >= 11 is 0. The third kappa shape index (κ3) is 2.72. The van der Waals surface area contributed by atoms with Crippen molar-refractivity contribution >= 4 is 5.91 Å². The van der Waals surface area contributed by atoms with Crippen LogP contribution in [0.3, 0.4) is 0 Å². The molecule has 3 unspecified atom stereocenters. The van der Waals surface area contributed by atoms with Gasteiger partial charge in [0.15, 0.2) is 0 Å². The van der Waals surface area contributed by atoms with Crippen LogP contribution in [-0.4, -0.2) is 41.6 Å². The fourth-order valence-corrected chi connectivity index (χ4v) is 3.92. The van der Waals surface area contributed by atoms with E-state index in [0.717, 1.165) is 25.8 Å². The molecule has 0 aromatic heterocycles. The smallest absolute Gasteiger partial charge is 0.243 e. The zero-order valence-electron chi connectivity index (χ0n) is 14.2. The second-order valence-electron chi connectivity index (χ2n) is 7.25. The molecule has 1 amide bonds. The summed E-state index contributed by atoms with van der Waals surface area (Å²) in [5, 5.41) is 0. The van der Waals surface area contributed by atoms with Gasteiger partial charge in [-0.25, -0.2) is 0 Å². The largest absolute Gasteiger partial charge is 0.378 e. The van der Waals surface area contributed by atoms with E-state index in [-0.39, 0.29) is 17.4 Å². The van der Waals surface area contributed by atoms with E-state index in [2.05, 4.69) is 25.7 Å². The molecule has 0 bridgehead atoms. The van der Waals surface area contributed by atoms with Crippen molar-refractivity contribution in [2.45, 2.75) is 83.9 Å². The Kier molecular flexibility index (Phi) is 4.99. The number of hydrogen-bond donors (Lipinski definition) is 1. The van der Waals surface area contributed by atoms with Gasteiger partial charge in [0.25, 0.3) is 0 Å². The number of carbonyl (C=O) groups excluding carboxylic acids is 1. The number of likely N-dealkylation sites (tertiary alicyclic amines) is 1. The summed E-state index contributed by atoms with van der Waals surface area (Å²) in [6.45, 7) is 9.87. The molecule has 0 radical (unpaired) electrons. The summed E-state index contributed by atoms with van der Waals surface area (Å²) in [5.74, 6) is 0.150. The topological polar surface area (TPSA) is 55.6 Å². The molecule has 1 aliphatic heterocycles. The Morgan fingerprint density at radius 1 is 1.29 bits per heavy atom. The molecule has 2 aliphatic rings. The first-order valence-corrected chi connectivity index (χ1v) is 8.60. The maximum absolute atomic E-state index is 13.1. The van der Waals surface area contributed by atoms with E-state index in [1.54, 1.807) is 0 Å². The number of rotatable bonds is 4. The van der Waals surface area contributed by atoms with Gasteiger partial charge in [-0.05, 0) is 26.2 Å². The maximum Gasteiger partial charge on any atom is 0.243 e. The highest BCUT2D eigenvalue weighted by molar-refractivity contribution is 5.89. The van der Waals surface area contributed by atoms with E-state index in [4.69, 9.17) is 10.5 Å². The van der Waals surface area contributed by atoms with Gasteiger partial charge < -0.3 is 15.4 Å². The molecular weight excluding hydrogens is 264 g/mol. The molecule has 3 atom stereocenters. The van der Waals surface area contributed by atoms with Crippen LogP contribution in [0.5, 0.6) is 0 Å². The Morgan fingerprint density at radius 3 is 2.57 bits per heavy atom. The Labute approximate surface area is 129 Å². The molecule has 1 saturated heterocycles. The minimum atomic E-state index is -0.759. The van der Waals surface area contributed by atoms with Crippen molar-refractivity contribution in [3.63, 3.8) is 0 Å². The van der Waals surface area contributed by atoms with Crippen LogP contribution in [0.1, 0.15) is 66.2 Å². The van der Waals surface area contributed by atoms with Crippen LogP contribution in [0.4, 0.5) is 0 Å². The fourth-order valence-electron chi connectivity index (χ4n) is 3.92. The van der Waals surface area contributed by atoms with Gasteiger partial charge in [-0.2, -0.15) is 0 Å². The summed E-state index contributed by atoms with van der Waals surface area (Å²) in [6.07, 6.45) is 6.45. The average Bonchev–Trinajstić information content (AvgIpc) is 2.71. The molecule has 0 spiro atoms. The molecule has 1 heterocycles. The number of nitrogens with zero attached hydrogens (tertiary/aromatic N) is 1. The Hall–Kier alpha value is -0.610. The fraction of sp³-hybridized carbons (Fsp3) is 0.941. The minimum Gasteiger partial charge on any atom is -0.378 e. The van der Waals surface area contributed by atoms with Crippen LogP contribution >= 0.6 is 0 Å². The van der Waals surface area contributed by atoms with Crippen molar-refractivity contribution in [2.75, 3.05) is 13.2 Å². The molecule has 0 aromatic rings. The van der Waals surface area contributed by atoms with Crippen molar-refractivity contribution in [2.24, 2.45) is 11.1 Å². The summed E-state index contributed by atoms with van der Waals surface area (Å²) in [7, 11) is 0. The lowest BCUT2D eigenvalue weighted by Crippen LogP contribution is -2.76. The van der Waals surface area contributed by atoms with Crippen molar-refractivity contribution < 1.29 is 9.53 Å². The van der Waals surface area contributed by atoms with Gasteiger partial charge in [0.2, 0.25) is 5.91 Å². The zero-order valence-corrected chi connectivity index (χ0v) is 14.2. The second-order valence-corrected chi connectivity index (χ2v) is 7.25. The molecule has 2 fully saturated rings. The summed E-state index contributed by atoms with van der Waals surface area (Å²) in [4.78, 5) is 15.2. The first-order chi connectivity index (χ1) is 9.88. The Morgan fingerprint density at radius 2 is 2.00 bits per heavy atom. The standard InChI is InChI=1S/C17H32N2O2/c1-5-13-10-8-7-9-11-19(13)15(20)17(18)12-14(21-6-2)16(17,3)4/h13-14H,5-12,18H2,1-4H3. The van der Waals surface area contributed by atoms with Crippen molar-refractivity contribution in [1.29, 1.82) is 0 Å². The number of ether oxygens (including phenoxy) is 1. The van der Waals surface area contributed by atoms with Gasteiger partial charge in [-0.3, -0.25) is 4.79 Å². The molecule has 1 saturated carbocycles. The molecule has 1 aliphatic carbocycles. The summed E-state index contributed by atoms with van der Waals surface area (Å²) in [5.41, 5.74) is 5.53. The molecule has 4 nitrogen and oxygen atoms in total. The third-order valence-corrected chi connectivity index (χ3v) is 5.82. The zero-order chi connectivity index (χ0) is 15.7. The predicted molar refractivity (Wildman–Crippen MR) is 85.0 cm³/mol. The van der Waals surface area contributed by atoms with Gasteiger partial charge in [-0.15, -0.1) is 0 Å². The van der Waals surface area contributed by atoms with E-state index >= 15 is 0 Å². The highest BCUT2D eigenvalue weighted by Crippen LogP contribution is 2.51. The Bertz CT molecular complexity index is 383. The predicted octanol–water partition coefficient (Wildman–Crippen LogP) is 2.70. The molecule has 2 rings (SSSR count). The molecular formula is C17H32N2O2. The van der Waals surface area contributed by atoms with Crippen molar-refractivity contribution in [3.8, 4) is 0 Å². The van der Waals surface area contributed by atoms with E-state index in [1.165, 1.54) is 12.8 Å². The van der Waals surface area contributed by atoms with E-state index in [9.17, 15) is 4.79 Å². The molecule has 0 aromatic carbocycles. The van der Waals surface area contributed by atoms with Crippen LogP contribution in [0.2, 0.25) is 0 Å². The summed E-state index contributed by atoms with van der Waals surface area (Å²) in [6, 6.07) is 0.363. The molecule has 21 heavy (non-hydrogen) atoms. The lowest BCUT2D eigenvalue weighted by Gasteiger charge is -2.59. The quantitative estimate of drug-likeness (QED) is 0.868. The maximum atomic E-state index is 13.1. The van der Waals surface area contributed by atoms with E-state index in [1.807, 2.05) is 6.92 Å². The number of hydrogen-bond acceptors (Lipinski definition) is 3. The van der Waals surface area contributed by atoms with Gasteiger partial charge in [0.05, 0.1) is 6.10 Å². The first kappa shape index (κ1) is 16.8. The minimum absolute atomic E-state index is 0.100. The van der Waals surface area contributed by atoms with Crippen LogP contribution in [-0.2, 0) is 9.53 Å². The normalized spacial score (nSPS) is 36.0. The monoisotopic (exact) mass is 296 g/mol. The van der Waals surface area contributed by atoms with Crippen molar-refractivity contribution in [3.05, 3.63) is 0 Å². The van der Waals surface area contributed by atoms with Crippen LogP contribution in [0, 0.1) is 5.41 Å². The molecule has 4 heteroatoms. The average molecular weight is 296 g/mol. The van der Waals surface area contributed by atoms with Crippen LogP contribution in [0.25, 0.3) is 0 Å². The van der Waals surface area contributed by atoms with Crippen molar-refractivity contribution in [1.82, 2.24) is 4.90 Å². The molecule has 2 N–H and O–H groups in total. The first-order valence-electron chi connectivity index (χ1n) is 8.60. The lowest BCUT2D eigenvalue weighted by molar-refractivity contribution is -0.181. The van der Waals surface area contributed by atoms with E-state index in [0.29, 0.717) is 19.1 Å². The number of nitrogens with two attached hydrogens (primary N) is 1. The van der Waals surface area contributed by atoms with Gasteiger partial charge >= 0.3 is 0 Å².